The molecule has 100 valence electrons. The monoisotopic (exact) mass is 257 g/mol. The van der Waals surface area contributed by atoms with Gasteiger partial charge in [-0.25, -0.2) is 0 Å². The second kappa shape index (κ2) is 6.91. The summed E-state index contributed by atoms with van der Waals surface area (Å²) in [6, 6.07) is 12.7. The Labute approximate surface area is 114 Å². The van der Waals surface area contributed by atoms with E-state index in [-0.39, 0.29) is 5.91 Å². The van der Waals surface area contributed by atoms with Crippen LogP contribution in [-0.2, 0) is 4.79 Å². The van der Waals surface area contributed by atoms with Crippen LogP contribution in [-0.4, -0.2) is 30.4 Å². The van der Waals surface area contributed by atoms with Gasteiger partial charge < -0.3 is 5.32 Å². The molecule has 0 bridgehead atoms. The summed E-state index contributed by atoms with van der Waals surface area (Å²) in [5.74, 6) is 0.0121. The molecule has 1 N–H and O–H groups in total. The standard InChI is InChI=1S/C15H19N3O/c16-9-5-10-17-15(19)12-18-11-4-8-14(18)13-6-2-1-3-7-13/h1-3,6-7,14H,4-5,8,10-12H2,(H,17,19). The minimum atomic E-state index is 0.0121. The molecule has 1 heterocycles. The molecular weight excluding hydrogens is 238 g/mol. The van der Waals surface area contributed by atoms with Crippen LogP contribution >= 0.6 is 0 Å². The smallest absolute Gasteiger partial charge is 0.234 e. The summed E-state index contributed by atoms with van der Waals surface area (Å²) < 4.78 is 0. The molecule has 0 aliphatic carbocycles. The maximum absolute atomic E-state index is 11.8. The highest BCUT2D eigenvalue weighted by Crippen LogP contribution is 2.31. The zero-order valence-corrected chi connectivity index (χ0v) is 11.0. The van der Waals surface area contributed by atoms with E-state index < -0.39 is 0 Å². The first-order valence-electron chi connectivity index (χ1n) is 6.74. The lowest BCUT2D eigenvalue weighted by molar-refractivity contribution is -0.122. The highest BCUT2D eigenvalue weighted by molar-refractivity contribution is 5.78. The maximum Gasteiger partial charge on any atom is 0.234 e. The number of hydrogen-bond donors (Lipinski definition) is 1. The third-order valence-electron chi connectivity index (χ3n) is 3.45. The average Bonchev–Trinajstić information content (AvgIpc) is 2.88. The van der Waals surface area contributed by atoms with Gasteiger partial charge in [-0.2, -0.15) is 5.26 Å². The van der Waals surface area contributed by atoms with E-state index in [1.165, 1.54) is 5.56 Å². The van der Waals surface area contributed by atoms with Crippen molar-refractivity contribution in [3.05, 3.63) is 35.9 Å². The van der Waals surface area contributed by atoms with E-state index in [0.29, 0.717) is 25.6 Å². The summed E-state index contributed by atoms with van der Waals surface area (Å²) in [7, 11) is 0. The number of hydrogen-bond acceptors (Lipinski definition) is 3. The second-order valence-corrected chi connectivity index (χ2v) is 4.80. The van der Waals surface area contributed by atoms with E-state index in [1.807, 2.05) is 24.3 Å². The van der Waals surface area contributed by atoms with Crippen molar-refractivity contribution in [1.29, 1.82) is 5.26 Å². The van der Waals surface area contributed by atoms with Crippen LogP contribution in [0.25, 0.3) is 0 Å². The molecule has 4 nitrogen and oxygen atoms in total. The van der Waals surface area contributed by atoms with Gasteiger partial charge in [0.25, 0.3) is 0 Å². The van der Waals surface area contributed by atoms with Crippen LogP contribution in [0.5, 0.6) is 0 Å². The summed E-state index contributed by atoms with van der Waals surface area (Å²) in [5.41, 5.74) is 1.28. The zero-order chi connectivity index (χ0) is 13.5. The first-order chi connectivity index (χ1) is 9.31. The summed E-state index contributed by atoms with van der Waals surface area (Å²) in [6.07, 6.45) is 2.61. The van der Waals surface area contributed by atoms with Gasteiger partial charge in [0.05, 0.1) is 19.0 Å². The van der Waals surface area contributed by atoms with Crippen molar-refractivity contribution < 1.29 is 4.79 Å². The molecule has 1 amide bonds. The fourth-order valence-electron chi connectivity index (χ4n) is 2.57. The molecule has 1 aliphatic rings. The highest BCUT2D eigenvalue weighted by atomic mass is 16.2. The quantitative estimate of drug-likeness (QED) is 0.819. The molecule has 1 fully saturated rings. The van der Waals surface area contributed by atoms with Crippen LogP contribution in [0.1, 0.15) is 30.9 Å². The van der Waals surface area contributed by atoms with Gasteiger partial charge in [-0.15, -0.1) is 0 Å². The molecule has 0 aromatic heterocycles. The van der Waals surface area contributed by atoms with Crippen LogP contribution in [0.2, 0.25) is 0 Å². The molecular formula is C15H19N3O. The summed E-state index contributed by atoms with van der Waals surface area (Å²) in [4.78, 5) is 14.0. The molecule has 1 atom stereocenters. The van der Waals surface area contributed by atoms with Gasteiger partial charge in [-0.05, 0) is 24.9 Å². The molecule has 1 unspecified atom stereocenters. The number of rotatable bonds is 5. The van der Waals surface area contributed by atoms with Gasteiger partial charge in [0.2, 0.25) is 5.91 Å². The van der Waals surface area contributed by atoms with Gasteiger partial charge in [0.1, 0.15) is 0 Å². The van der Waals surface area contributed by atoms with Crippen molar-refractivity contribution in [1.82, 2.24) is 10.2 Å². The molecule has 1 aliphatic heterocycles. The van der Waals surface area contributed by atoms with Crippen LogP contribution in [0, 0.1) is 11.3 Å². The van der Waals surface area contributed by atoms with E-state index >= 15 is 0 Å². The summed E-state index contributed by atoms with van der Waals surface area (Å²) in [6.45, 7) is 1.83. The first-order valence-corrected chi connectivity index (χ1v) is 6.74. The van der Waals surface area contributed by atoms with Crippen molar-refractivity contribution in [2.45, 2.75) is 25.3 Å². The molecule has 4 heteroatoms. The Kier molecular flexibility index (Phi) is 4.93. The third-order valence-corrected chi connectivity index (χ3v) is 3.45. The molecule has 0 radical (unpaired) electrons. The fraction of sp³-hybridized carbons (Fsp3) is 0.467. The number of carbonyl (C=O) groups is 1. The fourth-order valence-corrected chi connectivity index (χ4v) is 2.57. The van der Waals surface area contributed by atoms with Crippen LogP contribution in [0.3, 0.4) is 0 Å². The maximum atomic E-state index is 11.8. The van der Waals surface area contributed by atoms with Gasteiger partial charge >= 0.3 is 0 Å². The SMILES string of the molecule is N#CCCNC(=O)CN1CCCC1c1ccccc1. The molecule has 0 saturated carbocycles. The molecule has 19 heavy (non-hydrogen) atoms. The molecule has 1 saturated heterocycles. The van der Waals surface area contributed by atoms with Gasteiger partial charge in [0, 0.05) is 12.6 Å². The Balaban J connectivity index is 1.89. The Morgan fingerprint density at radius 2 is 2.21 bits per heavy atom. The average molecular weight is 257 g/mol. The topological polar surface area (TPSA) is 56.1 Å². The molecule has 0 spiro atoms. The Bertz CT molecular complexity index is 452. The van der Waals surface area contributed by atoms with Crippen molar-refractivity contribution in [3.8, 4) is 6.07 Å². The predicted molar refractivity (Wildman–Crippen MR) is 73.2 cm³/mol. The van der Waals surface area contributed by atoms with E-state index in [9.17, 15) is 4.79 Å². The number of likely N-dealkylation sites (tertiary alicyclic amines) is 1. The number of nitrogens with one attached hydrogen (secondary N) is 1. The predicted octanol–water partition coefficient (Wildman–Crippen LogP) is 1.85. The summed E-state index contributed by atoms with van der Waals surface area (Å²) in [5, 5.41) is 11.2. The molecule has 2 rings (SSSR count). The van der Waals surface area contributed by atoms with Gasteiger partial charge in [-0.1, -0.05) is 30.3 Å². The third kappa shape index (κ3) is 3.80. The van der Waals surface area contributed by atoms with E-state index in [2.05, 4.69) is 22.3 Å². The van der Waals surface area contributed by atoms with Crippen molar-refractivity contribution in [3.63, 3.8) is 0 Å². The Hall–Kier alpha value is -1.86. The van der Waals surface area contributed by atoms with Crippen LogP contribution in [0.15, 0.2) is 30.3 Å². The normalized spacial score (nSPS) is 19.0. The molecule has 1 aromatic rings. The highest BCUT2D eigenvalue weighted by Gasteiger charge is 2.27. The minimum absolute atomic E-state index is 0.0121. The Morgan fingerprint density at radius 1 is 1.42 bits per heavy atom. The number of benzene rings is 1. The van der Waals surface area contributed by atoms with Crippen molar-refractivity contribution in [2.75, 3.05) is 19.6 Å². The number of carbonyl (C=O) groups excluding carboxylic acids is 1. The zero-order valence-electron chi connectivity index (χ0n) is 11.0. The largest absolute Gasteiger partial charge is 0.354 e. The first kappa shape index (κ1) is 13.6. The van der Waals surface area contributed by atoms with Crippen molar-refractivity contribution >= 4 is 5.91 Å². The lowest BCUT2D eigenvalue weighted by atomic mass is 10.0. The van der Waals surface area contributed by atoms with Gasteiger partial charge in [-0.3, -0.25) is 9.69 Å². The minimum Gasteiger partial charge on any atom is -0.354 e. The van der Waals surface area contributed by atoms with Crippen molar-refractivity contribution in [2.24, 2.45) is 0 Å². The number of nitrogens with zero attached hydrogens (tertiary/aromatic N) is 2. The lowest BCUT2D eigenvalue weighted by Gasteiger charge is -2.24. The lowest BCUT2D eigenvalue weighted by Crippen LogP contribution is -2.37. The van der Waals surface area contributed by atoms with E-state index in [0.717, 1.165) is 19.4 Å². The van der Waals surface area contributed by atoms with E-state index in [4.69, 9.17) is 5.26 Å². The summed E-state index contributed by atoms with van der Waals surface area (Å²) >= 11 is 0. The van der Waals surface area contributed by atoms with Crippen LogP contribution < -0.4 is 5.32 Å². The second-order valence-electron chi connectivity index (χ2n) is 4.80. The van der Waals surface area contributed by atoms with E-state index in [1.54, 1.807) is 0 Å². The Morgan fingerprint density at radius 3 is 2.95 bits per heavy atom. The van der Waals surface area contributed by atoms with Crippen LogP contribution in [0.4, 0.5) is 0 Å². The molecule has 1 aromatic carbocycles. The number of amides is 1. The van der Waals surface area contributed by atoms with Gasteiger partial charge in [0.15, 0.2) is 0 Å². The number of nitriles is 1.